The van der Waals surface area contributed by atoms with E-state index in [2.05, 4.69) is 65.4 Å². The molecule has 0 unspecified atom stereocenters. The van der Waals surface area contributed by atoms with E-state index in [4.69, 9.17) is 39.9 Å². The number of nitrogens with one attached hydrogen (secondary N) is 2. The van der Waals surface area contributed by atoms with Gasteiger partial charge in [0.2, 0.25) is 22.5 Å². The van der Waals surface area contributed by atoms with Crippen LogP contribution in [-0.4, -0.2) is 56.1 Å². The van der Waals surface area contributed by atoms with Gasteiger partial charge in [-0.3, -0.25) is 9.11 Å². The number of hydrogen-bond acceptors (Lipinski definition) is 21. The van der Waals surface area contributed by atoms with E-state index in [1.807, 2.05) is 0 Å². The molecule has 29 heteroatoms. The zero-order valence-electron chi connectivity index (χ0n) is 25.8. The van der Waals surface area contributed by atoms with E-state index in [0.29, 0.717) is 24.2 Å². The highest BCUT2D eigenvalue weighted by Crippen LogP contribution is 2.44. The molecule has 2 heterocycles. The molecule has 0 saturated carbocycles. The number of nitrogens with zero attached hydrogens (tertiary/aromatic N) is 9. The van der Waals surface area contributed by atoms with Gasteiger partial charge in [0.15, 0.2) is 0 Å². The quantitative estimate of drug-likeness (QED) is 0.00952. The number of hydrogen-bond donors (Lipinski definition) is 7. The highest BCUT2D eigenvalue weighted by atomic mass is 35.5. The number of nitrogen functional groups attached to an aromatic ring is 2. The summed E-state index contributed by atoms with van der Waals surface area (Å²) in [5.41, 5.74) is 9.29. The van der Waals surface area contributed by atoms with Crippen molar-refractivity contribution in [1.29, 1.82) is 0 Å². The predicted octanol–water partition coefficient (Wildman–Crippen LogP) is 6.65. The Hall–Kier alpha value is -5.36. The lowest BCUT2D eigenvalue weighted by Crippen LogP contribution is -2.05. The average Bonchev–Trinajstić information content (AvgIpc) is 3.05. The molecular weight excluding hydrogens is 831 g/mol. The fourth-order valence-corrected chi connectivity index (χ4v) is 6.09. The smallest absolute Gasteiger partial charge is 0.313 e. The third kappa shape index (κ3) is 9.98. The number of nitrogens with two attached hydrogens (primary N) is 2. The van der Waals surface area contributed by atoms with Crippen molar-refractivity contribution in [3.63, 3.8) is 0 Å². The lowest BCUT2D eigenvalue weighted by atomic mass is 10.2. The summed E-state index contributed by atoms with van der Waals surface area (Å²) in [6.45, 7) is 0. The molecule has 282 valence electrons. The van der Waals surface area contributed by atoms with Gasteiger partial charge in [0.25, 0.3) is 20.2 Å². The molecule has 0 amide bonds. The second kappa shape index (κ2) is 16.3. The van der Waals surface area contributed by atoms with Crippen LogP contribution in [0.5, 0.6) is 0 Å². The van der Waals surface area contributed by atoms with Crippen LogP contribution in [0, 0.1) is 12.0 Å². The standard InChI is InChI=1S/C25H17Cl2F2N13O9S3/c26-22-36-23(27)38-25(37-22)33-10-1-3-14(52-51-50-43)11(5-10)39-42-21-19(30)13(7-16(20(21)31)54(47,48)49)41-40-12-6-9(2-4-15(12)53(44,45)46)32-18-8-17(28)34-24(29)35-18/h1-8,43H,30-31H2,(H,32,34,35)(H,44,45,46)(H,47,48,49)(H,33,36,37,38). The Labute approximate surface area is 314 Å². The summed E-state index contributed by atoms with van der Waals surface area (Å²) in [6.07, 6.45) is -1.42. The Kier molecular flexibility index (Phi) is 12.1. The number of azo groups is 2. The normalized spacial score (nSPS) is 12.1. The van der Waals surface area contributed by atoms with Crippen LogP contribution < -0.4 is 22.1 Å². The van der Waals surface area contributed by atoms with E-state index in [0.717, 1.165) is 18.2 Å². The summed E-state index contributed by atoms with van der Waals surface area (Å²) in [4.78, 5) is 15.9. The fourth-order valence-electron chi connectivity index (χ4n) is 4.08. The van der Waals surface area contributed by atoms with Crippen LogP contribution in [-0.2, 0) is 29.6 Å². The van der Waals surface area contributed by atoms with E-state index >= 15 is 0 Å². The van der Waals surface area contributed by atoms with E-state index in [9.17, 15) is 34.7 Å². The second-order valence-corrected chi connectivity index (χ2v) is 14.0. The zero-order chi connectivity index (χ0) is 39.4. The highest BCUT2D eigenvalue weighted by molar-refractivity contribution is 7.94. The highest BCUT2D eigenvalue weighted by Gasteiger charge is 2.23. The molecule has 9 N–H and O–H groups in total. The molecule has 2 aromatic heterocycles. The lowest BCUT2D eigenvalue weighted by molar-refractivity contribution is -0.432. The molecule has 5 rings (SSSR count). The molecule has 3 aromatic carbocycles. The van der Waals surface area contributed by atoms with Gasteiger partial charge in [0.1, 0.15) is 38.4 Å². The Morgan fingerprint density at radius 2 is 1.33 bits per heavy atom. The topological polar surface area (TPSA) is 337 Å². The minimum atomic E-state index is -5.13. The van der Waals surface area contributed by atoms with Crippen molar-refractivity contribution in [3.05, 3.63) is 71.1 Å². The molecule has 0 aliphatic rings. The van der Waals surface area contributed by atoms with E-state index < -0.39 is 76.3 Å². The molecule has 0 fully saturated rings. The minimum absolute atomic E-state index is 0.0742. The number of halogens is 4. The molecule has 0 aliphatic heterocycles. The monoisotopic (exact) mass is 847 g/mol. The summed E-state index contributed by atoms with van der Waals surface area (Å²) >= 11 is 12.1. The molecule has 22 nitrogen and oxygen atoms in total. The summed E-state index contributed by atoms with van der Waals surface area (Å²) in [5.74, 6) is -1.71. The first kappa shape index (κ1) is 39.8. The van der Waals surface area contributed by atoms with Crippen LogP contribution in [0.15, 0.2) is 83.7 Å². The van der Waals surface area contributed by atoms with Crippen LogP contribution >= 0.6 is 35.2 Å². The van der Waals surface area contributed by atoms with Crippen molar-refractivity contribution in [1.82, 2.24) is 24.9 Å². The van der Waals surface area contributed by atoms with Crippen molar-refractivity contribution in [2.45, 2.75) is 14.7 Å². The summed E-state index contributed by atoms with van der Waals surface area (Å²) in [6, 6.07) is 8.45. The van der Waals surface area contributed by atoms with E-state index in [1.165, 1.54) is 18.2 Å². The molecule has 0 bridgehead atoms. The van der Waals surface area contributed by atoms with Gasteiger partial charge in [0, 0.05) is 17.4 Å². The summed E-state index contributed by atoms with van der Waals surface area (Å²) in [5, 5.41) is 32.6. The van der Waals surface area contributed by atoms with Gasteiger partial charge in [-0.15, -0.1) is 24.8 Å². The molecule has 0 saturated heterocycles. The van der Waals surface area contributed by atoms with Crippen molar-refractivity contribution in [2.24, 2.45) is 20.5 Å². The Bertz CT molecular complexity index is 2520. The van der Waals surface area contributed by atoms with Gasteiger partial charge >= 0.3 is 6.08 Å². The van der Waals surface area contributed by atoms with Crippen molar-refractivity contribution in [3.8, 4) is 0 Å². The minimum Gasteiger partial charge on any atom is -0.396 e. The molecule has 0 spiro atoms. The Morgan fingerprint density at radius 3 is 1.98 bits per heavy atom. The maximum absolute atomic E-state index is 13.6. The fraction of sp³-hybridized carbons (Fsp3) is 0. The van der Waals surface area contributed by atoms with E-state index in [-0.39, 0.29) is 38.5 Å². The van der Waals surface area contributed by atoms with E-state index in [1.54, 1.807) is 0 Å². The third-order valence-electron chi connectivity index (χ3n) is 6.25. The van der Waals surface area contributed by atoms with Crippen LogP contribution in [0.2, 0.25) is 10.6 Å². The lowest BCUT2D eigenvalue weighted by Gasteiger charge is -2.12. The van der Waals surface area contributed by atoms with Crippen molar-refractivity contribution >= 4 is 113 Å². The molecule has 5 aromatic rings. The Morgan fingerprint density at radius 1 is 0.722 bits per heavy atom. The Balaban J connectivity index is 1.59. The summed E-state index contributed by atoms with van der Waals surface area (Å²) in [7, 11) is -10.1. The predicted molar refractivity (Wildman–Crippen MR) is 185 cm³/mol. The molecule has 0 radical (unpaired) electrons. The van der Waals surface area contributed by atoms with Gasteiger partial charge in [-0.1, -0.05) is 5.04 Å². The molecular formula is C25H17Cl2F2N13O9S3. The molecule has 0 aliphatic carbocycles. The molecule has 54 heavy (non-hydrogen) atoms. The maximum Gasteiger partial charge on any atom is 0.313 e. The van der Waals surface area contributed by atoms with Crippen LogP contribution in [0.4, 0.5) is 66.0 Å². The van der Waals surface area contributed by atoms with Gasteiger partial charge < -0.3 is 22.1 Å². The van der Waals surface area contributed by atoms with Crippen molar-refractivity contribution < 1.29 is 49.4 Å². The first-order valence-electron chi connectivity index (χ1n) is 13.7. The number of anilines is 6. The third-order valence-corrected chi connectivity index (χ3v) is 9.03. The van der Waals surface area contributed by atoms with Gasteiger partial charge in [-0.2, -0.15) is 50.5 Å². The van der Waals surface area contributed by atoms with Gasteiger partial charge in [-0.25, -0.2) is 5.26 Å². The summed E-state index contributed by atoms with van der Waals surface area (Å²) < 4.78 is 100. The SMILES string of the molecule is Nc1c(N=Nc2cc(Nc3cc(F)nc(F)n3)ccc2S(=O)(=O)O)cc(S(=O)(=O)O)c(N)c1N=Nc1cc(Nc2nc(Cl)nc(Cl)n2)ccc1SOOO. The van der Waals surface area contributed by atoms with Crippen LogP contribution in [0.25, 0.3) is 0 Å². The van der Waals surface area contributed by atoms with Gasteiger partial charge in [0.05, 0.1) is 28.3 Å². The first-order valence-corrected chi connectivity index (χ1v) is 18.0. The zero-order valence-corrected chi connectivity index (χ0v) is 29.8. The molecule has 0 atom stereocenters. The second-order valence-electron chi connectivity index (χ2n) is 9.80. The number of benzene rings is 3. The van der Waals surface area contributed by atoms with Gasteiger partial charge in [-0.05, 0) is 65.7 Å². The van der Waals surface area contributed by atoms with Crippen molar-refractivity contribution in [2.75, 3.05) is 22.1 Å². The number of aromatic nitrogens is 5. The largest absolute Gasteiger partial charge is 0.396 e. The maximum atomic E-state index is 13.6. The average molecular weight is 849 g/mol. The van der Waals surface area contributed by atoms with Crippen LogP contribution in [0.3, 0.4) is 0 Å². The first-order chi connectivity index (χ1) is 25.4. The van der Waals surface area contributed by atoms with Crippen LogP contribution in [0.1, 0.15) is 0 Å². The number of rotatable bonds is 13.